The maximum atomic E-state index is 12.9. The van der Waals surface area contributed by atoms with Crippen molar-refractivity contribution >= 4 is 17.9 Å². The van der Waals surface area contributed by atoms with Crippen LogP contribution in [0.2, 0.25) is 0 Å². The summed E-state index contributed by atoms with van der Waals surface area (Å²) in [6.07, 6.45) is 72.9. The van der Waals surface area contributed by atoms with Crippen molar-refractivity contribution in [2.45, 2.75) is 399 Å². The average molecular weight is 1030 g/mol. The molecular formula is C67H130O6. The zero-order valence-electron chi connectivity index (χ0n) is 50.0. The van der Waals surface area contributed by atoms with Gasteiger partial charge in [-0.3, -0.25) is 14.4 Å². The fourth-order valence-electron chi connectivity index (χ4n) is 10.6. The first kappa shape index (κ1) is 71.4. The quantitative estimate of drug-likeness (QED) is 0.0343. The van der Waals surface area contributed by atoms with E-state index >= 15 is 0 Å². The number of carbonyl (C=O) groups is 3. The number of esters is 3. The Bertz CT molecular complexity index is 1090. The Balaban J connectivity index is 4.01. The molecule has 0 rings (SSSR count). The maximum absolute atomic E-state index is 12.9. The van der Waals surface area contributed by atoms with Crippen LogP contribution in [0.25, 0.3) is 0 Å². The second kappa shape index (κ2) is 62.9. The summed E-state index contributed by atoms with van der Waals surface area (Å²) in [7, 11) is 0. The molecule has 0 aliphatic carbocycles. The molecule has 0 saturated heterocycles. The van der Waals surface area contributed by atoms with Gasteiger partial charge < -0.3 is 14.2 Å². The van der Waals surface area contributed by atoms with Gasteiger partial charge in [-0.2, -0.15) is 0 Å². The van der Waals surface area contributed by atoms with E-state index in [1.54, 1.807) is 0 Å². The maximum Gasteiger partial charge on any atom is 0.306 e. The lowest BCUT2D eigenvalue weighted by atomic mass is 10.0. The van der Waals surface area contributed by atoms with Gasteiger partial charge in [-0.1, -0.05) is 355 Å². The van der Waals surface area contributed by atoms with Crippen LogP contribution in [0.1, 0.15) is 393 Å². The molecule has 6 heteroatoms. The molecule has 0 aromatic rings. The molecule has 0 amide bonds. The van der Waals surface area contributed by atoms with Gasteiger partial charge in [0.1, 0.15) is 13.2 Å². The van der Waals surface area contributed by atoms with E-state index in [0.717, 1.165) is 57.8 Å². The highest BCUT2D eigenvalue weighted by Gasteiger charge is 2.19. The fraction of sp³-hybridized carbons (Fsp3) is 0.955. The van der Waals surface area contributed by atoms with Crippen LogP contribution in [0.5, 0.6) is 0 Å². The van der Waals surface area contributed by atoms with Gasteiger partial charge in [-0.25, -0.2) is 0 Å². The van der Waals surface area contributed by atoms with Crippen LogP contribution < -0.4 is 0 Å². The van der Waals surface area contributed by atoms with E-state index in [1.165, 1.54) is 295 Å². The minimum absolute atomic E-state index is 0.0611. The average Bonchev–Trinajstić information content (AvgIpc) is 3.39. The van der Waals surface area contributed by atoms with Gasteiger partial charge in [-0.05, 0) is 19.3 Å². The molecular weight excluding hydrogens is 901 g/mol. The zero-order valence-corrected chi connectivity index (χ0v) is 50.0. The van der Waals surface area contributed by atoms with Gasteiger partial charge in [0, 0.05) is 19.3 Å². The molecule has 0 saturated carbocycles. The Hall–Kier alpha value is -1.59. The largest absolute Gasteiger partial charge is 0.462 e. The van der Waals surface area contributed by atoms with Crippen molar-refractivity contribution in [3.05, 3.63) is 0 Å². The molecule has 0 heterocycles. The summed E-state index contributed by atoms with van der Waals surface area (Å²) >= 11 is 0. The van der Waals surface area contributed by atoms with Crippen molar-refractivity contribution in [2.24, 2.45) is 0 Å². The van der Waals surface area contributed by atoms with Crippen molar-refractivity contribution in [3.63, 3.8) is 0 Å². The summed E-state index contributed by atoms with van der Waals surface area (Å²) in [5.74, 6) is -0.832. The van der Waals surface area contributed by atoms with Crippen molar-refractivity contribution in [1.82, 2.24) is 0 Å². The molecule has 0 aromatic heterocycles. The number of carbonyl (C=O) groups excluding carboxylic acids is 3. The SMILES string of the molecule is CCCCCCCCCCCCCCCCCCCCCCCCCCCCCCCCC(=O)OCC(COC(=O)CCCCCCCCCCC)OC(=O)CCCCCCCCCCCCCCCCCC. The van der Waals surface area contributed by atoms with Gasteiger partial charge in [0.15, 0.2) is 6.10 Å². The molecule has 0 bridgehead atoms. The predicted octanol–water partition coefficient (Wildman–Crippen LogP) is 22.7. The summed E-state index contributed by atoms with van der Waals surface area (Å²) < 4.78 is 16.9. The Morgan fingerprint density at radius 2 is 0.370 bits per heavy atom. The number of hydrogen-bond donors (Lipinski definition) is 0. The number of hydrogen-bond acceptors (Lipinski definition) is 6. The van der Waals surface area contributed by atoms with E-state index in [1.807, 2.05) is 0 Å². The summed E-state index contributed by atoms with van der Waals surface area (Å²) in [6.45, 7) is 6.70. The van der Waals surface area contributed by atoms with Gasteiger partial charge >= 0.3 is 17.9 Å². The third-order valence-electron chi connectivity index (χ3n) is 15.6. The van der Waals surface area contributed by atoms with Crippen molar-refractivity contribution < 1.29 is 28.6 Å². The lowest BCUT2D eigenvalue weighted by molar-refractivity contribution is -0.167. The third-order valence-corrected chi connectivity index (χ3v) is 15.6. The summed E-state index contributed by atoms with van der Waals surface area (Å²) in [5.41, 5.74) is 0. The Morgan fingerprint density at radius 1 is 0.219 bits per heavy atom. The highest BCUT2D eigenvalue weighted by molar-refractivity contribution is 5.71. The van der Waals surface area contributed by atoms with E-state index in [0.29, 0.717) is 19.3 Å². The van der Waals surface area contributed by atoms with Crippen LogP contribution in [-0.2, 0) is 28.6 Å². The minimum Gasteiger partial charge on any atom is -0.462 e. The molecule has 73 heavy (non-hydrogen) atoms. The lowest BCUT2D eigenvalue weighted by Crippen LogP contribution is -2.30. The van der Waals surface area contributed by atoms with Crippen LogP contribution in [-0.4, -0.2) is 37.2 Å². The molecule has 0 spiro atoms. The number of rotatable bonds is 63. The predicted molar refractivity (Wildman–Crippen MR) is 317 cm³/mol. The molecule has 0 aliphatic heterocycles. The van der Waals surface area contributed by atoms with Gasteiger partial charge in [0.2, 0.25) is 0 Å². The summed E-state index contributed by atoms with van der Waals surface area (Å²) in [5, 5.41) is 0. The first-order valence-electron chi connectivity index (χ1n) is 33.5. The standard InChI is InChI=1S/C67H130O6/c1-4-7-10-13-16-19-21-23-25-27-28-29-30-31-32-33-34-35-36-37-38-39-40-42-43-45-48-51-54-57-60-66(69)72-63-64(62-71-65(68)59-56-53-50-47-18-15-12-9-6-3)73-67(70)61-58-55-52-49-46-44-41-26-24-22-20-17-14-11-8-5-2/h64H,4-63H2,1-3H3. The monoisotopic (exact) mass is 1030 g/mol. The third kappa shape index (κ3) is 61.1. The van der Waals surface area contributed by atoms with Crippen LogP contribution in [0, 0.1) is 0 Å². The molecule has 0 N–H and O–H groups in total. The smallest absolute Gasteiger partial charge is 0.306 e. The Kier molecular flexibility index (Phi) is 61.6. The highest BCUT2D eigenvalue weighted by Crippen LogP contribution is 2.19. The van der Waals surface area contributed by atoms with E-state index in [4.69, 9.17) is 14.2 Å². The van der Waals surface area contributed by atoms with E-state index in [9.17, 15) is 14.4 Å². The minimum atomic E-state index is -0.761. The summed E-state index contributed by atoms with van der Waals surface area (Å²) in [6, 6.07) is 0. The topological polar surface area (TPSA) is 78.9 Å². The number of unbranched alkanes of at least 4 members (excludes halogenated alkanes) is 52. The summed E-state index contributed by atoms with van der Waals surface area (Å²) in [4.78, 5) is 38.1. The van der Waals surface area contributed by atoms with Crippen LogP contribution in [0.4, 0.5) is 0 Å². The fourth-order valence-corrected chi connectivity index (χ4v) is 10.6. The number of ether oxygens (including phenoxy) is 3. The molecule has 0 aliphatic rings. The van der Waals surface area contributed by atoms with Gasteiger partial charge in [0.05, 0.1) is 0 Å². The van der Waals surface area contributed by atoms with Crippen LogP contribution in [0.15, 0.2) is 0 Å². The zero-order chi connectivity index (χ0) is 52.9. The van der Waals surface area contributed by atoms with E-state index in [2.05, 4.69) is 20.8 Å². The second-order valence-electron chi connectivity index (χ2n) is 23.1. The molecule has 6 nitrogen and oxygen atoms in total. The van der Waals surface area contributed by atoms with E-state index < -0.39 is 6.10 Å². The highest BCUT2D eigenvalue weighted by atomic mass is 16.6. The molecule has 434 valence electrons. The van der Waals surface area contributed by atoms with Crippen molar-refractivity contribution in [2.75, 3.05) is 13.2 Å². The first-order valence-corrected chi connectivity index (χ1v) is 33.5. The first-order chi connectivity index (χ1) is 36.0. The molecule has 0 fully saturated rings. The normalized spacial score (nSPS) is 11.9. The Labute approximate surface area is 457 Å². The Morgan fingerprint density at radius 3 is 0.548 bits per heavy atom. The molecule has 0 radical (unpaired) electrons. The van der Waals surface area contributed by atoms with Crippen molar-refractivity contribution in [3.8, 4) is 0 Å². The van der Waals surface area contributed by atoms with Gasteiger partial charge in [-0.15, -0.1) is 0 Å². The van der Waals surface area contributed by atoms with Crippen LogP contribution >= 0.6 is 0 Å². The van der Waals surface area contributed by atoms with E-state index in [-0.39, 0.29) is 31.1 Å². The van der Waals surface area contributed by atoms with Gasteiger partial charge in [0.25, 0.3) is 0 Å². The molecule has 0 aromatic carbocycles. The van der Waals surface area contributed by atoms with Crippen molar-refractivity contribution in [1.29, 1.82) is 0 Å². The molecule has 1 unspecified atom stereocenters. The molecule has 1 atom stereocenters. The van der Waals surface area contributed by atoms with Crippen LogP contribution in [0.3, 0.4) is 0 Å². The lowest BCUT2D eigenvalue weighted by Gasteiger charge is -2.18. The second-order valence-corrected chi connectivity index (χ2v) is 23.1.